The van der Waals surface area contributed by atoms with Crippen molar-refractivity contribution in [3.8, 4) is 0 Å². The molecule has 0 bridgehead atoms. The number of aryl methyl sites for hydroxylation is 1. The molecule has 0 fully saturated rings. The average molecular weight is 381 g/mol. The molecule has 0 N–H and O–H groups in total. The number of benzene rings is 1. The highest BCUT2D eigenvalue weighted by molar-refractivity contribution is 7.88. The van der Waals surface area contributed by atoms with Gasteiger partial charge in [0.05, 0.1) is 25.0 Å². The van der Waals surface area contributed by atoms with E-state index in [1.54, 1.807) is 23.6 Å². The van der Waals surface area contributed by atoms with Gasteiger partial charge in [-0.25, -0.2) is 4.21 Å². The van der Waals surface area contributed by atoms with E-state index in [4.69, 9.17) is 9.47 Å². The summed E-state index contributed by atoms with van der Waals surface area (Å²) in [6.45, 7) is 4.04. The summed E-state index contributed by atoms with van der Waals surface area (Å²) >= 11 is 0. The standard InChI is InChI=1S/C20H28O5S/c1-5-6-7-8-16(18(19(21)24-3)20(22)25-4)13-14-26(23)17-11-9-15(2)10-12-17/h9-14,16,18H,5-8H2,1-4H3/b14-13+/t16-,26?/m1/s1. The molecule has 1 unspecified atom stereocenters. The summed E-state index contributed by atoms with van der Waals surface area (Å²) in [6.07, 6.45) is 5.16. The Morgan fingerprint density at radius 1 is 1.08 bits per heavy atom. The van der Waals surface area contributed by atoms with E-state index in [1.807, 2.05) is 19.1 Å². The third kappa shape index (κ3) is 6.75. The second-order valence-electron chi connectivity index (χ2n) is 6.12. The Morgan fingerprint density at radius 3 is 2.15 bits per heavy atom. The molecular weight excluding hydrogens is 352 g/mol. The normalized spacial score (nSPS) is 13.6. The predicted octanol–water partition coefficient (Wildman–Crippen LogP) is 3.78. The van der Waals surface area contributed by atoms with E-state index in [2.05, 4.69) is 6.92 Å². The van der Waals surface area contributed by atoms with Crippen molar-refractivity contribution in [2.24, 2.45) is 11.8 Å². The third-order valence-corrected chi connectivity index (χ3v) is 5.32. The molecule has 0 saturated carbocycles. The van der Waals surface area contributed by atoms with Gasteiger partial charge in [-0.15, -0.1) is 0 Å². The molecule has 26 heavy (non-hydrogen) atoms. The highest BCUT2D eigenvalue weighted by Gasteiger charge is 2.35. The van der Waals surface area contributed by atoms with Crippen LogP contribution in [0.15, 0.2) is 40.6 Å². The number of unbranched alkanes of at least 4 members (excludes halogenated alkanes) is 2. The molecule has 0 amide bonds. The van der Waals surface area contributed by atoms with Crippen LogP contribution in [0.3, 0.4) is 0 Å². The maximum absolute atomic E-state index is 12.5. The van der Waals surface area contributed by atoms with Crippen molar-refractivity contribution in [3.63, 3.8) is 0 Å². The van der Waals surface area contributed by atoms with Crippen LogP contribution in [0.2, 0.25) is 0 Å². The SMILES string of the molecule is CCCCC[C@H](/C=C/S(=O)c1ccc(C)cc1)C(C(=O)OC)C(=O)OC. The van der Waals surface area contributed by atoms with E-state index in [1.165, 1.54) is 14.2 Å². The largest absolute Gasteiger partial charge is 0.468 e. The molecule has 0 aliphatic rings. The van der Waals surface area contributed by atoms with E-state index in [0.717, 1.165) is 24.8 Å². The minimum absolute atomic E-state index is 0.421. The maximum atomic E-state index is 12.5. The van der Waals surface area contributed by atoms with Crippen molar-refractivity contribution in [2.45, 2.75) is 44.4 Å². The molecule has 0 saturated heterocycles. The van der Waals surface area contributed by atoms with Crippen LogP contribution in [0.1, 0.15) is 38.2 Å². The van der Waals surface area contributed by atoms with Crippen LogP contribution in [-0.2, 0) is 29.9 Å². The minimum atomic E-state index is -1.35. The minimum Gasteiger partial charge on any atom is -0.468 e. The van der Waals surface area contributed by atoms with Crippen LogP contribution >= 0.6 is 0 Å². The second kappa shape index (κ2) is 11.6. The van der Waals surface area contributed by atoms with Gasteiger partial charge in [0, 0.05) is 16.2 Å². The lowest BCUT2D eigenvalue weighted by Gasteiger charge is -2.20. The molecule has 144 valence electrons. The molecule has 1 aromatic carbocycles. The number of carbonyl (C=O) groups excluding carboxylic acids is 2. The fourth-order valence-electron chi connectivity index (χ4n) is 2.63. The summed E-state index contributed by atoms with van der Waals surface area (Å²) in [4.78, 5) is 24.9. The van der Waals surface area contributed by atoms with Crippen molar-refractivity contribution in [1.29, 1.82) is 0 Å². The zero-order valence-corrected chi connectivity index (χ0v) is 16.7. The molecule has 0 aromatic heterocycles. The average Bonchev–Trinajstić information content (AvgIpc) is 2.65. The van der Waals surface area contributed by atoms with Crippen LogP contribution < -0.4 is 0 Å². The first-order valence-corrected chi connectivity index (χ1v) is 9.97. The number of esters is 2. The van der Waals surface area contributed by atoms with E-state index in [-0.39, 0.29) is 0 Å². The molecule has 0 aliphatic carbocycles. The quantitative estimate of drug-likeness (QED) is 0.351. The monoisotopic (exact) mass is 380 g/mol. The number of methoxy groups -OCH3 is 2. The highest BCUT2D eigenvalue weighted by Crippen LogP contribution is 2.24. The van der Waals surface area contributed by atoms with Crippen LogP contribution in [-0.4, -0.2) is 30.4 Å². The van der Waals surface area contributed by atoms with Crippen molar-refractivity contribution in [2.75, 3.05) is 14.2 Å². The molecule has 0 heterocycles. The number of allylic oxidation sites excluding steroid dienone is 1. The molecule has 0 spiro atoms. The lowest BCUT2D eigenvalue weighted by molar-refractivity contribution is -0.160. The second-order valence-corrected chi connectivity index (χ2v) is 7.46. The van der Waals surface area contributed by atoms with Gasteiger partial charge in [0.25, 0.3) is 0 Å². The highest BCUT2D eigenvalue weighted by atomic mass is 32.2. The van der Waals surface area contributed by atoms with Gasteiger partial charge in [-0.1, -0.05) is 50.0 Å². The van der Waals surface area contributed by atoms with Gasteiger partial charge in [-0.05, 0) is 25.5 Å². The Bertz CT molecular complexity index is 620. The summed E-state index contributed by atoms with van der Waals surface area (Å²) in [6, 6.07) is 7.40. The number of hydrogen-bond acceptors (Lipinski definition) is 5. The molecule has 5 nitrogen and oxygen atoms in total. The van der Waals surface area contributed by atoms with Crippen molar-refractivity contribution in [3.05, 3.63) is 41.3 Å². The summed E-state index contributed by atoms with van der Waals surface area (Å²) in [5.41, 5.74) is 1.09. The number of ether oxygens (including phenoxy) is 2. The first-order chi connectivity index (χ1) is 12.4. The van der Waals surface area contributed by atoms with Gasteiger partial charge >= 0.3 is 11.9 Å². The van der Waals surface area contributed by atoms with Gasteiger partial charge in [-0.2, -0.15) is 0 Å². The summed E-state index contributed by atoms with van der Waals surface area (Å²) < 4.78 is 22.0. The zero-order valence-electron chi connectivity index (χ0n) is 15.9. The predicted molar refractivity (Wildman–Crippen MR) is 102 cm³/mol. The van der Waals surface area contributed by atoms with Crippen molar-refractivity contribution < 1.29 is 23.3 Å². The maximum Gasteiger partial charge on any atom is 0.320 e. The van der Waals surface area contributed by atoms with Crippen LogP contribution in [0.4, 0.5) is 0 Å². The molecule has 1 aromatic rings. The zero-order chi connectivity index (χ0) is 19.5. The lowest BCUT2D eigenvalue weighted by Crippen LogP contribution is -2.32. The molecule has 6 heteroatoms. The van der Waals surface area contributed by atoms with Crippen molar-refractivity contribution >= 4 is 22.7 Å². The smallest absolute Gasteiger partial charge is 0.320 e. The van der Waals surface area contributed by atoms with E-state index in [9.17, 15) is 13.8 Å². The summed E-state index contributed by atoms with van der Waals surface area (Å²) in [7, 11) is 1.14. The Morgan fingerprint density at radius 2 is 1.65 bits per heavy atom. The van der Waals surface area contributed by atoms with Gasteiger partial charge in [0.1, 0.15) is 0 Å². The molecule has 0 aliphatic heterocycles. The topological polar surface area (TPSA) is 69.7 Å². The molecule has 1 rings (SSSR count). The van der Waals surface area contributed by atoms with Gasteiger partial charge < -0.3 is 9.47 Å². The number of carbonyl (C=O) groups is 2. The van der Waals surface area contributed by atoms with Crippen LogP contribution in [0, 0.1) is 18.8 Å². The first kappa shape index (κ1) is 22.1. The van der Waals surface area contributed by atoms with Gasteiger partial charge in [0.2, 0.25) is 0 Å². The van der Waals surface area contributed by atoms with Gasteiger partial charge in [-0.3, -0.25) is 9.59 Å². The van der Waals surface area contributed by atoms with E-state index < -0.39 is 34.6 Å². The molecule has 2 atom stereocenters. The molecular formula is C20H28O5S. The fraction of sp³-hybridized carbons (Fsp3) is 0.500. The summed E-state index contributed by atoms with van der Waals surface area (Å²) in [5, 5.41) is 1.54. The third-order valence-electron chi connectivity index (χ3n) is 4.18. The first-order valence-electron chi connectivity index (χ1n) is 8.75. The summed E-state index contributed by atoms with van der Waals surface area (Å²) in [5.74, 6) is -2.74. The van der Waals surface area contributed by atoms with E-state index in [0.29, 0.717) is 11.3 Å². The Labute approximate surface area is 158 Å². The van der Waals surface area contributed by atoms with Gasteiger partial charge in [0.15, 0.2) is 5.92 Å². The number of rotatable bonds is 10. The number of hydrogen-bond donors (Lipinski definition) is 0. The Hall–Kier alpha value is -1.95. The Balaban J connectivity index is 3.02. The fourth-order valence-corrected chi connectivity index (χ4v) is 3.53. The van der Waals surface area contributed by atoms with Crippen LogP contribution in [0.5, 0.6) is 0 Å². The lowest BCUT2D eigenvalue weighted by atomic mass is 9.87. The van der Waals surface area contributed by atoms with E-state index >= 15 is 0 Å². The van der Waals surface area contributed by atoms with Crippen LogP contribution in [0.25, 0.3) is 0 Å². The molecule has 0 radical (unpaired) electrons. The van der Waals surface area contributed by atoms with Crippen molar-refractivity contribution in [1.82, 2.24) is 0 Å². The Kier molecular flexibility index (Phi) is 9.88.